The fourth-order valence-corrected chi connectivity index (χ4v) is 1.16. The summed E-state index contributed by atoms with van der Waals surface area (Å²) in [5.74, 6) is 1.69. The zero-order valence-electron chi connectivity index (χ0n) is 4.67. The van der Waals surface area contributed by atoms with Crippen LogP contribution in [0.25, 0.3) is 0 Å². The van der Waals surface area contributed by atoms with Gasteiger partial charge in [-0.15, -0.1) is 0 Å². The van der Waals surface area contributed by atoms with Crippen molar-refractivity contribution in [1.82, 2.24) is 0 Å². The molecule has 46 valence electrons. The molecule has 0 radical (unpaired) electrons. The summed E-state index contributed by atoms with van der Waals surface area (Å²) in [4.78, 5) is 9.35. The van der Waals surface area contributed by atoms with Gasteiger partial charge in [-0.3, -0.25) is 0 Å². The second-order valence-electron chi connectivity index (χ2n) is 1.64. The molecule has 0 aromatic heterocycles. The topological polar surface area (TPSA) is 18.5 Å². The van der Waals surface area contributed by atoms with E-state index in [9.17, 15) is 0 Å². The third-order valence-electron chi connectivity index (χ3n) is 0.950. The standard InChI is InChI=1S/C5H9O2P/c1-2-4-8-5-7-6-3-1/h5H,1-4H2. The van der Waals surface area contributed by atoms with Crippen LogP contribution in [-0.4, -0.2) is 18.8 Å². The van der Waals surface area contributed by atoms with E-state index in [2.05, 4.69) is 4.89 Å². The molecule has 0 bridgehead atoms. The Hall–Kier alpha value is 0.0900. The number of rotatable bonds is 0. The van der Waals surface area contributed by atoms with Gasteiger partial charge in [0.15, 0.2) is 0 Å². The van der Waals surface area contributed by atoms with Crippen LogP contribution in [0.1, 0.15) is 12.8 Å². The third-order valence-corrected chi connectivity index (χ3v) is 1.76. The van der Waals surface area contributed by atoms with Gasteiger partial charge in [0.2, 0.25) is 0 Å². The lowest BCUT2D eigenvalue weighted by Crippen LogP contribution is -1.97. The predicted molar refractivity (Wildman–Crippen MR) is 34.1 cm³/mol. The Kier molecular flexibility index (Phi) is 3.12. The van der Waals surface area contributed by atoms with Crippen molar-refractivity contribution in [2.75, 3.05) is 12.8 Å². The molecule has 1 heterocycles. The van der Waals surface area contributed by atoms with Gasteiger partial charge < -0.3 is 0 Å². The van der Waals surface area contributed by atoms with Crippen LogP contribution in [0.5, 0.6) is 0 Å². The summed E-state index contributed by atoms with van der Waals surface area (Å²) < 4.78 is 0. The van der Waals surface area contributed by atoms with Crippen LogP contribution in [-0.2, 0) is 9.78 Å². The second kappa shape index (κ2) is 4.02. The fraction of sp³-hybridized carbons (Fsp3) is 0.800. The van der Waals surface area contributed by atoms with Crippen LogP contribution in [0.3, 0.4) is 0 Å². The van der Waals surface area contributed by atoms with Crippen LogP contribution in [0.15, 0.2) is 0 Å². The van der Waals surface area contributed by atoms with Gasteiger partial charge in [0, 0.05) is 0 Å². The molecule has 0 spiro atoms. The molecule has 8 heavy (non-hydrogen) atoms. The smallest absolute Gasteiger partial charge is 0.0994 e. The van der Waals surface area contributed by atoms with Gasteiger partial charge in [-0.2, -0.15) is 0 Å². The quantitative estimate of drug-likeness (QED) is 0.366. The van der Waals surface area contributed by atoms with Crippen molar-refractivity contribution >= 4 is 14.2 Å². The van der Waals surface area contributed by atoms with E-state index in [0.29, 0.717) is 0 Å². The summed E-state index contributed by atoms with van der Waals surface area (Å²) in [5.41, 5.74) is 0. The Morgan fingerprint density at radius 3 is 3.38 bits per heavy atom. The molecule has 0 aliphatic carbocycles. The molecule has 0 atom stereocenters. The molecule has 1 aliphatic heterocycles. The predicted octanol–water partition coefficient (Wildman–Crippen LogP) is 1.43. The molecule has 0 unspecified atom stereocenters. The summed E-state index contributed by atoms with van der Waals surface area (Å²) in [6, 6.07) is 0. The average molecular weight is 132 g/mol. The van der Waals surface area contributed by atoms with E-state index < -0.39 is 0 Å². The second-order valence-corrected chi connectivity index (χ2v) is 2.66. The molecule has 0 aromatic carbocycles. The monoisotopic (exact) mass is 132 g/mol. The highest BCUT2D eigenvalue weighted by Gasteiger charge is 1.90. The Labute approximate surface area is 50.5 Å². The lowest BCUT2D eigenvalue weighted by molar-refractivity contribution is -0.215. The lowest BCUT2D eigenvalue weighted by atomic mass is 10.4. The molecular formula is C5H9O2P. The Bertz CT molecular complexity index is 72.5. The normalized spacial score (nSPS) is 24.0. The van der Waals surface area contributed by atoms with Crippen molar-refractivity contribution in [3.05, 3.63) is 0 Å². The van der Waals surface area contributed by atoms with Crippen LogP contribution < -0.4 is 0 Å². The van der Waals surface area contributed by atoms with Crippen LogP contribution in [0.4, 0.5) is 0 Å². The molecule has 1 aliphatic rings. The first-order valence-electron chi connectivity index (χ1n) is 2.77. The van der Waals surface area contributed by atoms with Gasteiger partial charge in [-0.05, 0) is 19.0 Å². The Balaban J connectivity index is 2.17. The minimum absolute atomic E-state index is 0.742. The van der Waals surface area contributed by atoms with Gasteiger partial charge in [0.1, 0.15) is 0 Å². The maximum Gasteiger partial charge on any atom is 0.0994 e. The summed E-state index contributed by atoms with van der Waals surface area (Å²) >= 11 is 0. The van der Waals surface area contributed by atoms with E-state index in [4.69, 9.17) is 4.89 Å². The molecule has 3 heteroatoms. The van der Waals surface area contributed by atoms with Gasteiger partial charge in [-0.25, -0.2) is 9.78 Å². The van der Waals surface area contributed by atoms with E-state index >= 15 is 0 Å². The maximum absolute atomic E-state index is 4.71. The minimum atomic E-state index is 0.742. The molecule has 0 N–H and O–H groups in total. The Morgan fingerprint density at radius 2 is 2.38 bits per heavy atom. The molecular weight excluding hydrogens is 123 g/mol. The van der Waals surface area contributed by atoms with Crippen LogP contribution >= 0.6 is 8.20 Å². The van der Waals surface area contributed by atoms with Gasteiger partial charge in [0.25, 0.3) is 0 Å². The van der Waals surface area contributed by atoms with Gasteiger partial charge >= 0.3 is 0 Å². The molecule has 0 saturated carbocycles. The molecule has 0 saturated heterocycles. The van der Waals surface area contributed by atoms with Crippen LogP contribution in [0, 0.1) is 0 Å². The lowest BCUT2D eigenvalue weighted by Gasteiger charge is -2.00. The zero-order chi connectivity index (χ0) is 5.66. The summed E-state index contributed by atoms with van der Waals surface area (Å²) in [7, 11) is 1.24. The summed E-state index contributed by atoms with van der Waals surface area (Å²) in [6.07, 6.45) is 3.59. The minimum Gasteiger partial charge on any atom is -0.231 e. The van der Waals surface area contributed by atoms with Crippen molar-refractivity contribution in [3.8, 4) is 0 Å². The molecule has 0 aromatic rings. The van der Waals surface area contributed by atoms with Gasteiger partial charge in [-0.1, -0.05) is 8.20 Å². The molecule has 2 nitrogen and oxygen atoms in total. The first-order chi connectivity index (χ1) is 4.00. The molecule has 0 fully saturated rings. The van der Waals surface area contributed by atoms with E-state index in [1.807, 2.05) is 0 Å². The average Bonchev–Trinajstić information content (AvgIpc) is 1.62. The highest BCUT2D eigenvalue weighted by Crippen LogP contribution is 2.03. The van der Waals surface area contributed by atoms with Crippen molar-refractivity contribution in [2.45, 2.75) is 12.8 Å². The largest absolute Gasteiger partial charge is 0.231 e. The summed E-state index contributed by atoms with van der Waals surface area (Å²) in [5, 5.41) is 0. The molecule has 1 rings (SSSR count). The Morgan fingerprint density at radius 1 is 1.38 bits per heavy atom. The van der Waals surface area contributed by atoms with Crippen molar-refractivity contribution in [3.63, 3.8) is 0 Å². The van der Waals surface area contributed by atoms with Crippen LogP contribution in [0.2, 0.25) is 0 Å². The summed E-state index contributed by atoms with van der Waals surface area (Å²) in [6.45, 7) is 0.742. The first kappa shape index (κ1) is 6.21. The van der Waals surface area contributed by atoms with Crippen molar-refractivity contribution < 1.29 is 9.78 Å². The van der Waals surface area contributed by atoms with Gasteiger partial charge in [0.05, 0.1) is 12.6 Å². The number of hydrogen-bond donors (Lipinski definition) is 0. The van der Waals surface area contributed by atoms with E-state index in [0.717, 1.165) is 13.0 Å². The first-order valence-corrected chi connectivity index (χ1v) is 3.91. The van der Waals surface area contributed by atoms with E-state index in [1.54, 1.807) is 5.98 Å². The van der Waals surface area contributed by atoms with Crippen molar-refractivity contribution in [2.24, 2.45) is 0 Å². The zero-order valence-corrected chi connectivity index (χ0v) is 5.56. The number of hydrogen-bond acceptors (Lipinski definition) is 2. The van der Waals surface area contributed by atoms with Crippen molar-refractivity contribution in [1.29, 1.82) is 0 Å². The highest BCUT2D eigenvalue weighted by molar-refractivity contribution is 7.37. The van der Waals surface area contributed by atoms with E-state index in [-0.39, 0.29) is 0 Å². The maximum atomic E-state index is 4.71. The fourth-order valence-electron chi connectivity index (χ4n) is 0.526. The highest BCUT2D eigenvalue weighted by atomic mass is 31.1. The third kappa shape index (κ3) is 2.41. The molecule has 0 amide bonds. The van der Waals surface area contributed by atoms with E-state index in [1.165, 1.54) is 20.8 Å². The SMILES string of the molecule is C1=PCCCCOO1.